The van der Waals surface area contributed by atoms with Gasteiger partial charge in [0.05, 0.1) is 0 Å². The van der Waals surface area contributed by atoms with Gasteiger partial charge in [0.25, 0.3) is 5.78 Å². The first-order valence-electron chi connectivity index (χ1n) is 8.60. The summed E-state index contributed by atoms with van der Waals surface area (Å²) < 4.78 is 2.48. The second-order valence-electron chi connectivity index (χ2n) is 6.08. The van der Waals surface area contributed by atoms with Crippen LogP contribution < -0.4 is 11.0 Å². The number of fused-ring (bicyclic) bond motifs is 1. The molecule has 1 amide bonds. The number of carbonyl (C=O) groups is 1. The van der Waals surface area contributed by atoms with Gasteiger partial charge in [-0.25, -0.2) is 13.9 Å². The average Bonchev–Trinajstić information content (AvgIpc) is 2.95. The van der Waals surface area contributed by atoms with Crippen molar-refractivity contribution in [1.29, 1.82) is 0 Å². The highest BCUT2D eigenvalue weighted by atomic mass is 16.2. The van der Waals surface area contributed by atoms with Gasteiger partial charge in [0.1, 0.15) is 12.4 Å². The van der Waals surface area contributed by atoms with Crippen LogP contribution in [0.15, 0.2) is 47.4 Å². The van der Waals surface area contributed by atoms with E-state index in [1.165, 1.54) is 4.40 Å². The van der Waals surface area contributed by atoms with Crippen LogP contribution in [0, 0.1) is 0 Å². The van der Waals surface area contributed by atoms with E-state index in [9.17, 15) is 9.59 Å². The van der Waals surface area contributed by atoms with Gasteiger partial charge in [0.15, 0.2) is 0 Å². The van der Waals surface area contributed by atoms with E-state index in [0.29, 0.717) is 12.4 Å². The van der Waals surface area contributed by atoms with E-state index in [-0.39, 0.29) is 23.9 Å². The molecule has 0 unspecified atom stereocenters. The molecule has 0 radical (unpaired) electrons. The van der Waals surface area contributed by atoms with Gasteiger partial charge in [0, 0.05) is 25.5 Å². The summed E-state index contributed by atoms with van der Waals surface area (Å²) >= 11 is 0. The van der Waals surface area contributed by atoms with Gasteiger partial charge in [-0.1, -0.05) is 31.5 Å². The Morgan fingerprint density at radius 2 is 2.00 bits per heavy atom. The molecule has 0 spiro atoms. The summed E-state index contributed by atoms with van der Waals surface area (Å²) in [4.78, 5) is 30.6. The van der Waals surface area contributed by atoms with Crippen molar-refractivity contribution in [2.24, 2.45) is 0 Å². The van der Waals surface area contributed by atoms with Gasteiger partial charge < -0.3 is 10.2 Å². The number of hydrogen-bond donors (Lipinski definition) is 1. The summed E-state index contributed by atoms with van der Waals surface area (Å²) in [5, 5.41) is 7.34. The fourth-order valence-electron chi connectivity index (χ4n) is 2.52. The molecule has 0 aliphatic heterocycles. The maximum atomic E-state index is 12.4. The summed E-state index contributed by atoms with van der Waals surface area (Å²) in [6.07, 6.45) is 3.54. The van der Waals surface area contributed by atoms with E-state index in [4.69, 9.17) is 0 Å². The van der Waals surface area contributed by atoms with Crippen LogP contribution in [0.5, 0.6) is 0 Å². The lowest BCUT2D eigenvalue weighted by Crippen LogP contribution is -2.34. The largest absolute Gasteiger partial charge is 0.352 e. The van der Waals surface area contributed by atoms with Gasteiger partial charge in [-0.2, -0.15) is 4.98 Å². The van der Waals surface area contributed by atoms with Crippen LogP contribution in [0.3, 0.4) is 0 Å². The summed E-state index contributed by atoms with van der Waals surface area (Å²) in [6.45, 7) is 2.64. The first-order chi connectivity index (χ1) is 12.6. The van der Waals surface area contributed by atoms with Crippen LogP contribution in [-0.2, 0) is 11.3 Å². The van der Waals surface area contributed by atoms with Crippen LogP contribution >= 0.6 is 0 Å². The molecule has 26 heavy (non-hydrogen) atoms. The number of nitrogens with one attached hydrogen (secondary N) is 1. The Labute approximate surface area is 151 Å². The van der Waals surface area contributed by atoms with Crippen LogP contribution in [0.25, 0.3) is 5.78 Å². The number of anilines is 2. The Hall–Kier alpha value is -3.16. The van der Waals surface area contributed by atoms with Crippen molar-refractivity contribution in [2.45, 2.75) is 26.3 Å². The molecule has 8 heteroatoms. The molecule has 3 aromatic rings. The first-order valence-corrected chi connectivity index (χ1v) is 8.60. The number of para-hydroxylation sites is 1. The fourth-order valence-corrected chi connectivity index (χ4v) is 2.52. The second-order valence-corrected chi connectivity index (χ2v) is 6.08. The number of amides is 1. The molecular weight excluding hydrogens is 332 g/mol. The standard InChI is InChI=1S/C18H22N6O2/c1-3-4-11-22(2)16(25)13-24-18(26)23-12-10-15(20-17(23)21-24)19-14-8-6-5-7-9-14/h5-10,12H,3-4,11,13H2,1-2H3,(H,19,20,21). The lowest BCUT2D eigenvalue weighted by atomic mass is 10.3. The quantitative estimate of drug-likeness (QED) is 0.700. The van der Waals surface area contributed by atoms with Crippen molar-refractivity contribution in [3.8, 4) is 0 Å². The Bertz CT molecular complexity index is 947. The minimum absolute atomic E-state index is 0.0934. The zero-order chi connectivity index (χ0) is 18.5. The van der Waals surface area contributed by atoms with Crippen LogP contribution in [0.4, 0.5) is 11.5 Å². The molecule has 8 nitrogen and oxygen atoms in total. The van der Waals surface area contributed by atoms with Crippen LogP contribution in [-0.4, -0.2) is 43.6 Å². The van der Waals surface area contributed by atoms with Crippen LogP contribution in [0.2, 0.25) is 0 Å². The number of rotatable bonds is 7. The predicted molar refractivity (Wildman–Crippen MR) is 99.5 cm³/mol. The van der Waals surface area contributed by atoms with Gasteiger partial charge >= 0.3 is 5.69 Å². The molecule has 0 aliphatic carbocycles. The minimum atomic E-state index is -0.379. The summed E-state index contributed by atoms with van der Waals surface area (Å²) in [5.41, 5.74) is 0.509. The SMILES string of the molecule is CCCCN(C)C(=O)Cn1nc2nc(Nc3ccccc3)ccn2c1=O. The molecule has 2 aromatic heterocycles. The van der Waals surface area contributed by atoms with Crippen molar-refractivity contribution in [2.75, 3.05) is 18.9 Å². The van der Waals surface area contributed by atoms with E-state index in [0.717, 1.165) is 23.2 Å². The predicted octanol–water partition coefficient (Wildman–Crippen LogP) is 1.89. The Balaban J connectivity index is 1.79. The number of aromatic nitrogens is 4. The van der Waals surface area contributed by atoms with E-state index < -0.39 is 0 Å². The number of nitrogens with zero attached hydrogens (tertiary/aromatic N) is 5. The molecule has 0 atom stereocenters. The summed E-state index contributed by atoms with van der Waals surface area (Å²) in [6, 6.07) is 11.3. The van der Waals surface area contributed by atoms with Crippen molar-refractivity contribution >= 4 is 23.2 Å². The molecule has 0 fully saturated rings. The van der Waals surface area contributed by atoms with Crippen molar-refractivity contribution in [3.63, 3.8) is 0 Å². The highest BCUT2D eigenvalue weighted by molar-refractivity contribution is 5.75. The van der Waals surface area contributed by atoms with Crippen molar-refractivity contribution < 1.29 is 4.79 Å². The maximum absolute atomic E-state index is 12.4. The first kappa shape index (κ1) is 17.7. The molecule has 0 saturated carbocycles. The molecule has 1 N–H and O–H groups in total. The lowest BCUT2D eigenvalue weighted by Gasteiger charge is -2.15. The third-order valence-electron chi connectivity index (χ3n) is 4.06. The maximum Gasteiger partial charge on any atom is 0.352 e. The molecular formula is C18H22N6O2. The fraction of sp³-hybridized carbons (Fsp3) is 0.333. The van der Waals surface area contributed by atoms with Crippen molar-refractivity contribution in [3.05, 3.63) is 53.1 Å². The van der Waals surface area contributed by atoms with Crippen LogP contribution in [0.1, 0.15) is 19.8 Å². The minimum Gasteiger partial charge on any atom is -0.344 e. The monoisotopic (exact) mass is 354 g/mol. The topological polar surface area (TPSA) is 84.5 Å². The third-order valence-corrected chi connectivity index (χ3v) is 4.06. The summed E-state index contributed by atoms with van der Waals surface area (Å²) in [7, 11) is 1.74. The molecule has 3 rings (SSSR count). The Morgan fingerprint density at radius 3 is 2.73 bits per heavy atom. The highest BCUT2D eigenvalue weighted by Gasteiger charge is 2.14. The lowest BCUT2D eigenvalue weighted by molar-refractivity contribution is -0.130. The summed E-state index contributed by atoms with van der Waals surface area (Å²) in [5.74, 6) is 0.679. The third kappa shape index (κ3) is 3.90. The molecule has 0 bridgehead atoms. The van der Waals surface area contributed by atoms with Gasteiger partial charge in [-0.15, -0.1) is 5.10 Å². The molecule has 136 valence electrons. The molecule has 0 aliphatic rings. The Kier molecular flexibility index (Phi) is 5.31. The molecule has 0 saturated heterocycles. The molecule has 2 heterocycles. The highest BCUT2D eigenvalue weighted by Crippen LogP contribution is 2.13. The zero-order valence-electron chi connectivity index (χ0n) is 14.9. The normalized spacial score (nSPS) is 10.8. The van der Waals surface area contributed by atoms with Gasteiger partial charge in [-0.05, 0) is 24.6 Å². The van der Waals surface area contributed by atoms with E-state index >= 15 is 0 Å². The number of benzene rings is 1. The van der Waals surface area contributed by atoms with E-state index in [1.54, 1.807) is 24.2 Å². The molecule has 1 aromatic carbocycles. The second kappa shape index (κ2) is 7.81. The van der Waals surface area contributed by atoms with E-state index in [2.05, 4.69) is 22.3 Å². The smallest absolute Gasteiger partial charge is 0.344 e. The van der Waals surface area contributed by atoms with Gasteiger partial charge in [-0.3, -0.25) is 4.79 Å². The number of hydrogen-bond acceptors (Lipinski definition) is 5. The average molecular weight is 354 g/mol. The van der Waals surface area contributed by atoms with E-state index in [1.807, 2.05) is 30.3 Å². The number of likely N-dealkylation sites (N-methyl/N-ethyl adjacent to an activating group) is 1. The number of carbonyl (C=O) groups excluding carboxylic acids is 1. The Morgan fingerprint density at radius 1 is 1.23 bits per heavy atom. The van der Waals surface area contributed by atoms with Gasteiger partial charge in [0.2, 0.25) is 5.91 Å². The van der Waals surface area contributed by atoms with Crippen molar-refractivity contribution in [1.82, 2.24) is 24.1 Å². The number of unbranched alkanes of at least 4 members (excludes halogenated alkanes) is 1. The zero-order valence-corrected chi connectivity index (χ0v) is 14.9.